The van der Waals surface area contributed by atoms with Crippen molar-refractivity contribution in [3.8, 4) is 0 Å². The van der Waals surface area contributed by atoms with Crippen LogP contribution in [0.4, 0.5) is 5.69 Å². The summed E-state index contributed by atoms with van der Waals surface area (Å²) < 4.78 is 0. The molecule has 0 atom stereocenters. The Hall–Kier alpha value is -2.02. The molecule has 0 unspecified atom stereocenters. The van der Waals surface area contributed by atoms with Crippen molar-refractivity contribution in [2.24, 2.45) is 5.84 Å². The summed E-state index contributed by atoms with van der Waals surface area (Å²) in [6.07, 6.45) is 1.13. The molecule has 1 aromatic rings. The highest BCUT2D eigenvalue weighted by atomic mass is 16.6. The van der Waals surface area contributed by atoms with Crippen LogP contribution in [0.5, 0.6) is 0 Å². The van der Waals surface area contributed by atoms with Gasteiger partial charge >= 0.3 is 0 Å². The van der Waals surface area contributed by atoms with Gasteiger partial charge in [0.2, 0.25) is 5.91 Å². The van der Waals surface area contributed by atoms with Crippen LogP contribution in [0, 0.1) is 17.0 Å². The van der Waals surface area contributed by atoms with Gasteiger partial charge in [-0.1, -0.05) is 0 Å². The van der Waals surface area contributed by atoms with Crippen molar-refractivity contribution in [2.45, 2.75) is 13.3 Å². The van der Waals surface area contributed by atoms with E-state index in [1.807, 2.05) is 5.43 Å². The Balaban J connectivity index is 2.93. The molecule has 7 heteroatoms. The maximum Gasteiger partial charge on any atom is 0.287 e. The summed E-state index contributed by atoms with van der Waals surface area (Å²) in [5, 5.41) is 10.4. The molecule has 0 radical (unpaired) electrons. The fourth-order valence-corrected chi connectivity index (χ4v) is 1.08. The van der Waals surface area contributed by atoms with E-state index >= 15 is 0 Å². The molecule has 1 rings (SSSR count). The van der Waals surface area contributed by atoms with Gasteiger partial charge in [-0.3, -0.25) is 25.3 Å². The van der Waals surface area contributed by atoms with Crippen molar-refractivity contribution in [2.75, 3.05) is 0 Å². The number of rotatable bonds is 3. The average Bonchev–Trinajstić information content (AvgIpc) is 2.20. The van der Waals surface area contributed by atoms with Crippen LogP contribution < -0.4 is 11.3 Å². The van der Waals surface area contributed by atoms with Crippen molar-refractivity contribution in [3.05, 3.63) is 33.6 Å². The first-order chi connectivity index (χ1) is 7.04. The number of hydrogen-bond donors (Lipinski definition) is 2. The molecule has 80 valence electrons. The zero-order valence-electron chi connectivity index (χ0n) is 8.06. The average molecular weight is 210 g/mol. The molecule has 0 saturated carbocycles. The SMILES string of the molecule is Cc1cc([N+](=O)[O-])cnc1CC(=O)NN. The highest BCUT2D eigenvalue weighted by molar-refractivity contribution is 5.77. The van der Waals surface area contributed by atoms with Crippen molar-refractivity contribution >= 4 is 11.6 Å². The van der Waals surface area contributed by atoms with Crippen LogP contribution in [-0.4, -0.2) is 15.8 Å². The predicted octanol–water partition coefficient (Wildman–Crippen LogP) is -0.169. The number of nitrogens with zero attached hydrogens (tertiary/aromatic N) is 2. The van der Waals surface area contributed by atoms with Crippen molar-refractivity contribution < 1.29 is 9.72 Å². The van der Waals surface area contributed by atoms with E-state index in [4.69, 9.17) is 5.84 Å². The quantitative estimate of drug-likeness (QED) is 0.311. The van der Waals surface area contributed by atoms with Gasteiger partial charge in [-0.15, -0.1) is 0 Å². The molecular formula is C8H10N4O3. The second kappa shape index (κ2) is 4.47. The highest BCUT2D eigenvalue weighted by Crippen LogP contribution is 2.14. The molecule has 0 aromatic carbocycles. The number of nitrogens with one attached hydrogen (secondary N) is 1. The van der Waals surface area contributed by atoms with Crippen molar-refractivity contribution in [3.63, 3.8) is 0 Å². The molecule has 0 spiro atoms. The number of amides is 1. The molecule has 1 heterocycles. The molecule has 0 saturated heterocycles. The Morgan fingerprint density at radius 3 is 2.87 bits per heavy atom. The van der Waals surface area contributed by atoms with Gasteiger partial charge in [0.1, 0.15) is 6.20 Å². The van der Waals surface area contributed by atoms with Gasteiger partial charge in [-0.2, -0.15) is 0 Å². The minimum Gasteiger partial charge on any atom is -0.294 e. The van der Waals surface area contributed by atoms with E-state index in [1.165, 1.54) is 6.07 Å². The van der Waals surface area contributed by atoms with Gasteiger partial charge in [0.15, 0.2) is 0 Å². The normalized spacial score (nSPS) is 9.73. The van der Waals surface area contributed by atoms with Crippen LogP contribution in [0.25, 0.3) is 0 Å². The maximum atomic E-state index is 10.9. The first-order valence-corrected chi connectivity index (χ1v) is 4.14. The van der Waals surface area contributed by atoms with E-state index in [9.17, 15) is 14.9 Å². The summed E-state index contributed by atoms with van der Waals surface area (Å²) in [6.45, 7) is 1.65. The maximum absolute atomic E-state index is 10.9. The van der Waals surface area contributed by atoms with Gasteiger partial charge in [0.25, 0.3) is 5.69 Å². The summed E-state index contributed by atoms with van der Waals surface area (Å²) in [4.78, 5) is 24.6. The second-order valence-electron chi connectivity index (χ2n) is 2.96. The minimum absolute atomic E-state index is 0.0142. The van der Waals surface area contributed by atoms with Crippen LogP contribution in [0.15, 0.2) is 12.3 Å². The summed E-state index contributed by atoms with van der Waals surface area (Å²) in [6, 6.07) is 1.37. The van der Waals surface area contributed by atoms with E-state index in [1.54, 1.807) is 6.92 Å². The lowest BCUT2D eigenvalue weighted by Crippen LogP contribution is -2.31. The molecular weight excluding hydrogens is 200 g/mol. The lowest BCUT2D eigenvalue weighted by molar-refractivity contribution is -0.385. The molecule has 7 nitrogen and oxygen atoms in total. The first kappa shape index (κ1) is 11.1. The van der Waals surface area contributed by atoms with Gasteiger partial charge in [-0.05, 0) is 12.5 Å². The van der Waals surface area contributed by atoms with Gasteiger partial charge < -0.3 is 0 Å². The fourth-order valence-electron chi connectivity index (χ4n) is 1.08. The van der Waals surface area contributed by atoms with E-state index in [0.717, 1.165) is 6.20 Å². The molecule has 1 aromatic heterocycles. The van der Waals surface area contributed by atoms with Gasteiger partial charge in [0, 0.05) is 6.07 Å². The summed E-state index contributed by atoms with van der Waals surface area (Å²) in [5.74, 6) is 4.52. The molecule has 0 aliphatic heterocycles. The molecule has 0 aliphatic rings. The molecule has 1 amide bonds. The highest BCUT2D eigenvalue weighted by Gasteiger charge is 2.11. The Labute approximate surface area is 85.4 Å². The summed E-state index contributed by atoms with van der Waals surface area (Å²) in [7, 11) is 0. The fraction of sp³-hybridized carbons (Fsp3) is 0.250. The third-order valence-electron chi connectivity index (χ3n) is 1.87. The molecule has 0 fully saturated rings. The number of carbonyl (C=O) groups is 1. The number of aromatic nitrogens is 1. The van der Waals surface area contributed by atoms with E-state index in [2.05, 4.69) is 4.98 Å². The van der Waals surface area contributed by atoms with Crippen molar-refractivity contribution in [1.82, 2.24) is 10.4 Å². The third kappa shape index (κ3) is 2.71. The first-order valence-electron chi connectivity index (χ1n) is 4.14. The monoisotopic (exact) mass is 210 g/mol. The van der Waals surface area contributed by atoms with Crippen LogP contribution >= 0.6 is 0 Å². The Morgan fingerprint density at radius 2 is 2.40 bits per heavy atom. The number of nitro groups is 1. The van der Waals surface area contributed by atoms with E-state index in [0.29, 0.717) is 11.3 Å². The molecule has 0 aliphatic carbocycles. The summed E-state index contributed by atoms with van der Waals surface area (Å²) >= 11 is 0. The zero-order chi connectivity index (χ0) is 11.4. The lowest BCUT2D eigenvalue weighted by atomic mass is 10.1. The largest absolute Gasteiger partial charge is 0.294 e. The van der Waals surface area contributed by atoms with E-state index in [-0.39, 0.29) is 18.0 Å². The number of hydrazine groups is 1. The number of nitrogens with two attached hydrogens (primary N) is 1. The lowest BCUT2D eigenvalue weighted by Gasteiger charge is -2.02. The predicted molar refractivity (Wildman–Crippen MR) is 51.7 cm³/mol. The number of aryl methyl sites for hydroxylation is 1. The standard InChI is InChI=1S/C8H10N4O3/c1-5-2-6(12(14)15)4-10-7(5)3-8(13)11-9/h2,4H,3,9H2,1H3,(H,11,13). The number of carbonyl (C=O) groups excluding carboxylic acids is 1. The molecule has 3 N–H and O–H groups in total. The zero-order valence-corrected chi connectivity index (χ0v) is 8.06. The number of pyridine rings is 1. The van der Waals surface area contributed by atoms with Crippen molar-refractivity contribution in [1.29, 1.82) is 0 Å². The van der Waals surface area contributed by atoms with Gasteiger partial charge in [-0.25, -0.2) is 5.84 Å². The Kier molecular flexibility index (Phi) is 3.29. The molecule has 0 bridgehead atoms. The van der Waals surface area contributed by atoms with Crippen LogP contribution in [0.3, 0.4) is 0 Å². The molecule has 15 heavy (non-hydrogen) atoms. The second-order valence-corrected chi connectivity index (χ2v) is 2.96. The third-order valence-corrected chi connectivity index (χ3v) is 1.87. The number of hydrogen-bond acceptors (Lipinski definition) is 5. The summed E-state index contributed by atoms with van der Waals surface area (Å²) in [5.41, 5.74) is 2.94. The Morgan fingerprint density at radius 1 is 1.73 bits per heavy atom. The minimum atomic E-state index is -0.535. The van der Waals surface area contributed by atoms with Crippen LogP contribution in [-0.2, 0) is 11.2 Å². The smallest absolute Gasteiger partial charge is 0.287 e. The van der Waals surface area contributed by atoms with Crippen LogP contribution in [0.1, 0.15) is 11.3 Å². The van der Waals surface area contributed by atoms with E-state index < -0.39 is 4.92 Å². The Bertz CT molecular complexity index is 405. The van der Waals surface area contributed by atoms with Crippen LogP contribution in [0.2, 0.25) is 0 Å². The topological polar surface area (TPSA) is 111 Å². The van der Waals surface area contributed by atoms with Gasteiger partial charge in [0.05, 0.1) is 17.0 Å².